The van der Waals surface area contributed by atoms with E-state index in [0.717, 1.165) is 34.1 Å². The molecule has 1 saturated heterocycles. The van der Waals surface area contributed by atoms with Gasteiger partial charge in [0.2, 0.25) is 0 Å². The molecular formula is C24H25FN6. The summed E-state index contributed by atoms with van der Waals surface area (Å²) in [7, 11) is 0. The van der Waals surface area contributed by atoms with Crippen LogP contribution in [0.1, 0.15) is 40.5 Å². The molecular weight excluding hydrogens is 391 g/mol. The van der Waals surface area contributed by atoms with Gasteiger partial charge in [-0.05, 0) is 55.7 Å². The molecule has 5 rings (SSSR count). The van der Waals surface area contributed by atoms with Crippen molar-refractivity contribution < 1.29 is 4.39 Å². The average molecular weight is 417 g/mol. The fraction of sp³-hybridized carbons (Fsp3) is 0.333. The van der Waals surface area contributed by atoms with Crippen molar-refractivity contribution in [2.24, 2.45) is 0 Å². The van der Waals surface area contributed by atoms with E-state index in [1.165, 1.54) is 5.56 Å². The lowest BCUT2D eigenvalue weighted by Crippen LogP contribution is -2.22. The maximum absolute atomic E-state index is 13.9. The SMILES string of the molecule is Cc1cc(C)nc(Cc2nc(Cc3ccn4ccnc4c3)cc(N3CC[C@@H](F)C3)n2)c1. The van der Waals surface area contributed by atoms with E-state index in [0.29, 0.717) is 38.2 Å². The first-order chi connectivity index (χ1) is 15.0. The summed E-state index contributed by atoms with van der Waals surface area (Å²) in [5, 5.41) is 0. The maximum atomic E-state index is 13.9. The molecule has 7 heteroatoms. The molecule has 0 bridgehead atoms. The van der Waals surface area contributed by atoms with Crippen LogP contribution in [0.5, 0.6) is 0 Å². The first-order valence-corrected chi connectivity index (χ1v) is 10.6. The number of hydrogen-bond acceptors (Lipinski definition) is 5. The zero-order valence-electron chi connectivity index (χ0n) is 17.8. The number of fused-ring (bicyclic) bond motifs is 1. The van der Waals surface area contributed by atoms with Crippen molar-refractivity contribution in [2.75, 3.05) is 18.0 Å². The van der Waals surface area contributed by atoms with E-state index >= 15 is 0 Å². The van der Waals surface area contributed by atoms with Gasteiger partial charge >= 0.3 is 0 Å². The standard InChI is InChI=1S/C24H25FN6/c1-16-9-17(2)27-20(10-16)13-22-28-21(14-24(29-22)31-7-4-19(25)15-31)11-18-3-6-30-8-5-26-23(30)12-18/h3,5-6,8-10,12,14,19H,4,7,11,13,15H2,1-2H3/t19-/m1/s1. The predicted molar refractivity (Wildman–Crippen MR) is 118 cm³/mol. The summed E-state index contributed by atoms with van der Waals surface area (Å²) in [6, 6.07) is 10.3. The number of alkyl halides is 1. The van der Waals surface area contributed by atoms with Gasteiger partial charge in [0, 0.05) is 49.0 Å². The second kappa shape index (κ2) is 8.06. The van der Waals surface area contributed by atoms with Crippen molar-refractivity contribution in [3.05, 3.63) is 83.0 Å². The molecule has 1 atom stereocenters. The molecule has 0 aliphatic carbocycles. The second-order valence-corrected chi connectivity index (χ2v) is 8.32. The highest BCUT2D eigenvalue weighted by atomic mass is 19.1. The zero-order chi connectivity index (χ0) is 21.4. The minimum Gasteiger partial charge on any atom is -0.353 e. The van der Waals surface area contributed by atoms with Crippen LogP contribution in [0, 0.1) is 13.8 Å². The van der Waals surface area contributed by atoms with E-state index in [9.17, 15) is 4.39 Å². The molecule has 1 fully saturated rings. The van der Waals surface area contributed by atoms with Gasteiger partial charge < -0.3 is 9.30 Å². The minimum absolute atomic E-state index is 0.387. The molecule has 4 aromatic heterocycles. The van der Waals surface area contributed by atoms with Gasteiger partial charge in [0.05, 0.1) is 18.7 Å². The molecule has 0 spiro atoms. The summed E-state index contributed by atoms with van der Waals surface area (Å²) in [5.41, 5.74) is 6.06. The summed E-state index contributed by atoms with van der Waals surface area (Å²) in [4.78, 5) is 20.7. The zero-order valence-corrected chi connectivity index (χ0v) is 17.8. The van der Waals surface area contributed by atoms with Crippen molar-refractivity contribution in [3.8, 4) is 0 Å². The van der Waals surface area contributed by atoms with Gasteiger partial charge in [0.25, 0.3) is 0 Å². The Labute approximate surface area is 180 Å². The van der Waals surface area contributed by atoms with Crippen molar-refractivity contribution in [1.29, 1.82) is 0 Å². The number of aryl methyl sites for hydroxylation is 2. The van der Waals surface area contributed by atoms with Gasteiger partial charge in [-0.15, -0.1) is 0 Å². The number of pyridine rings is 2. The third-order valence-electron chi connectivity index (χ3n) is 5.60. The Morgan fingerprint density at radius 3 is 2.68 bits per heavy atom. The second-order valence-electron chi connectivity index (χ2n) is 8.32. The van der Waals surface area contributed by atoms with Crippen LogP contribution < -0.4 is 4.90 Å². The molecule has 0 radical (unpaired) electrons. The van der Waals surface area contributed by atoms with Crippen molar-refractivity contribution in [1.82, 2.24) is 24.3 Å². The fourth-order valence-corrected chi connectivity index (χ4v) is 4.24. The van der Waals surface area contributed by atoms with Crippen LogP contribution >= 0.6 is 0 Å². The summed E-state index contributed by atoms with van der Waals surface area (Å²) in [5.74, 6) is 1.51. The number of anilines is 1. The van der Waals surface area contributed by atoms with E-state index in [2.05, 4.69) is 41.2 Å². The van der Waals surface area contributed by atoms with Gasteiger partial charge in [-0.1, -0.05) is 0 Å². The quantitative estimate of drug-likeness (QED) is 0.494. The molecule has 31 heavy (non-hydrogen) atoms. The number of imidazole rings is 1. The van der Waals surface area contributed by atoms with Crippen LogP contribution in [-0.4, -0.2) is 43.6 Å². The number of hydrogen-bond donors (Lipinski definition) is 0. The predicted octanol–water partition coefficient (Wildman–Crippen LogP) is 3.87. The molecule has 4 aromatic rings. The highest BCUT2D eigenvalue weighted by Gasteiger charge is 2.24. The number of rotatable bonds is 5. The Bertz CT molecular complexity index is 1210. The molecule has 5 heterocycles. The van der Waals surface area contributed by atoms with E-state index < -0.39 is 6.17 Å². The topological polar surface area (TPSA) is 59.2 Å². The van der Waals surface area contributed by atoms with Gasteiger partial charge in [-0.25, -0.2) is 19.3 Å². The van der Waals surface area contributed by atoms with Crippen molar-refractivity contribution in [3.63, 3.8) is 0 Å². The summed E-state index contributed by atoms with van der Waals surface area (Å²) < 4.78 is 15.8. The molecule has 1 aliphatic heterocycles. The van der Waals surface area contributed by atoms with Gasteiger partial charge in [0.1, 0.15) is 23.5 Å². The lowest BCUT2D eigenvalue weighted by atomic mass is 10.1. The first kappa shape index (κ1) is 19.6. The van der Waals surface area contributed by atoms with Crippen LogP contribution in [0.25, 0.3) is 5.65 Å². The highest BCUT2D eigenvalue weighted by Crippen LogP contribution is 2.23. The monoisotopic (exact) mass is 416 g/mol. The minimum atomic E-state index is -0.800. The lowest BCUT2D eigenvalue weighted by molar-refractivity contribution is 0.364. The molecule has 0 aromatic carbocycles. The largest absolute Gasteiger partial charge is 0.353 e. The van der Waals surface area contributed by atoms with Crippen LogP contribution in [0.15, 0.2) is 48.9 Å². The van der Waals surface area contributed by atoms with Crippen LogP contribution in [-0.2, 0) is 12.8 Å². The Balaban J connectivity index is 1.49. The van der Waals surface area contributed by atoms with Crippen molar-refractivity contribution in [2.45, 2.75) is 39.3 Å². The Morgan fingerprint density at radius 1 is 1.00 bits per heavy atom. The normalized spacial score (nSPS) is 16.4. The third-order valence-corrected chi connectivity index (χ3v) is 5.60. The van der Waals surface area contributed by atoms with Crippen molar-refractivity contribution >= 4 is 11.5 Å². The fourth-order valence-electron chi connectivity index (χ4n) is 4.24. The van der Waals surface area contributed by atoms with Crippen LogP contribution in [0.4, 0.5) is 10.2 Å². The molecule has 6 nitrogen and oxygen atoms in total. The van der Waals surface area contributed by atoms with Gasteiger partial charge in [-0.3, -0.25) is 4.98 Å². The average Bonchev–Trinajstić information content (AvgIpc) is 3.35. The Kier molecular flexibility index (Phi) is 5.10. The number of nitrogens with zero attached hydrogens (tertiary/aromatic N) is 6. The Hall–Kier alpha value is -3.35. The first-order valence-electron chi connectivity index (χ1n) is 10.6. The van der Waals surface area contributed by atoms with E-state index in [4.69, 9.17) is 9.97 Å². The lowest BCUT2D eigenvalue weighted by Gasteiger charge is -2.18. The molecule has 1 aliphatic rings. The van der Waals surface area contributed by atoms with E-state index in [1.54, 1.807) is 6.20 Å². The van der Waals surface area contributed by atoms with E-state index in [1.807, 2.05) is 34.7 Å². The summed E-state index contributed by atoms with van der Waals surface area (Å²) >= 11 is 0. The molecule has 0 saturated carbocycles. The molecule has 0 unspecified atom stereocenters. The Morgan fingerprint density at radius 2 is 1.87 bits per heavy atom. The summed E-state index contributed by atoms with van der Waals surface area (Å²) in [6.07, 6.45) is 6.69. The number of halogens is 1. The third kappa shape index (κ3) is 4.40. The van der Waals surface area contributed by atoms with Crippen LogP contribution in [0.2, 0.25) is 0 Å². The smallest absolute Gasteiger partial charge is 0.136 e. The molecule has 158 valence electrons. The molecule has 0 N–H and O–H groups in total. The number of aromatic nitrogens is 5. The maximum Gasteiger partial charge on any atom is 0.136 e. The van der Waals surface area contributed by atoms with Gasteiger partial charge in [0.15, 0.2) is 0 Å². The highest BCUT2D eigenvalue weighted by molar-refractivity contribution is 5.45. The van der Waals surface area contributed by atoms with E-state index in [-0.39, 0.29) is 0 Å². The molecule has 0 amide bonds. The summed E-state index contributed by atoms with van der Waals surface area (Å²) in [6.45, 7) is 5.13. The van der Waals surface area contributed by atoms with Crippen LogP contribution in [0.3, 0.4) is 0 Å². The van der Waals surface area contributed by atoms with Gasteiger partial charge in [-0.2, -0.15) is 0 Å².